The lowest BCUT2D eigenvalue weighted by Gasteiger charge is -2.44. The molecule has 0 bridgehead atoms. The van der Waals surface area contributed by atoms with E-state index in [1.54, 1.807) is 16.8 Å². The third kappa shape index (κ3) is 1.78. The maximum absolute atomic E-state index is 11.8. The Balaban J connectivity index is 2.08. The number of rotatable bonds is 1. The highest BCUT2D eigenvalue weighted by atomic mass is 16.4. The maximum atomic E-state index is 11.8. The molecule has 0 aromatic heterocycles. The zero-order valence-electron chi connectivity index (χ0n) is 8.85. The predicted molar refractivity (Wildman–Crippen MR) is 53.5 cm³/mol. The number of piperidine rings is 1. The zero-order chi connectivity index (χ0) is 11.0. The van der Waals surface area contributed by atoms with Crippen LogP contribution in [0.15, 0.2) is 0 Å². The third-order valence-electron chi connectivity index (χ3n) is 3.43. The molecule has 1 N–H and O–H groups in total. The number of urea groups is 1. The van der Waals surface area contributed by atoms with Gasteiger partial charge in [-0.2, -0.15) is 0 Å². The smallest absolute Gasteiger partial charge is 0.320 e. The minimum atomic E-state index is -0.783. The fourth-order valence-electron chi connectivity index (χ4n) is 2.42. The Kier molecular flexibility index (Phi) is 2.54. The second-order valence-corrected chi connectivity index (χ2v) is 4.41. The molecule has 2 fully saturated rings. The second kappa shape index (κ2) is 3.72. The molecule has 2 heterocycles. The molecule has 2 atom stereocenters. The molecule has 0 aliphatic carbocycles. The summed E-state index contributed by atoms with van der Waals surface area (Å²) in [6, 6.07) is 0.251. The van der Waals surface area contributed by atoms with Crippen molar-refractivity contribution in [3.05, 3.63) is 0 Å². The molecule has 0 radical (unpaired) electrons. The lowest BCUT2D eigenvalue weighted by Crippen LogP contribution is -2.57. The van der Waals surface area contributed by atoms with Crippen molar-refractivity contribution < 1.29 is 14.7 Å². The number of amides is 2. The Labute approximate surface area is 88.6 Å². The highest BCUT2D eigenvalue weighted by molar-refractivity contribution is 5.77. The minimum absolute atomic E-state index is 0.0165. The van der Waals surface area contributed by atoms with Gasteiger partial charge in [0.15, 0.2) is 0 Å². The quantitative estimate of drug-likeness (QED) is 0.692. The van der Waals surface area contributed by atoms with E-state index in [-0.39, 0.29) is 18.0 Å². The van der Waals surface area contributed by atoms with Gasteiger partial charge in [0.2, 0.25) is 0 Å². The largest absolute Gasteiger partial charge is 0.481 e. The fourth-order valence-corrected chi connectivity index (χ4v) is 2.42. The van der Waals surface area contributed by atoms with Gasteiger partial charge in [0.1, 0.15) is 0 Å². The number of carboxylic acids is 1. The van der Waals surface area contributed by atoms with Crippen LogP contribution in [-0.2, 0) is 4.79 Å². The lowest BCUT2D eigenvalue weighted by molar-refractivity contribution is -0.143. The number of hydrogen-bond donors (Lipinski definition) is 1. The van der Waals surface area contributed by atoms with Gasteiger partial charge in [0, 0.05) is 26.2 Å². The molecule has 2 rings (SSSR count). The number of fused-ring (bicyclic) bond motifs is 1. The lowest BCUT2D eigenvalue weighted by atomic mass is 9.90. The molecule has 84 valence electrons. The molecule has 2 aliphatic heterocycles. The maximum Gasteiger partial charge on any atom is 0.320 e. The van der Waals surface area contributed by atoms with Crippen molar-refractivity contribution in [3.63, 3.8) is 0 Å². The van der Waals surface area contributed by atoms with Crippen LogP contribution in [0.1, 0.15) is 19.3 Å². The summed E-state index contributed by atoms with van der Waals surface area (Å²) >= 11 is 0. The molecule has 2 amide bonds. The molecule has 0 aromatic carbocycles. The van der Waals surface area contributed by atoms with Gasteiger partial charge in [-0.15, -0.1) is 0 Å². The van der Waals surface area contributed by atoms with Gasteiger partial charge in [0.05, 0.1) is 5.92 Å². The highest BCUT2D eigenvalue weighted by Crippen LogP contribution is 2.28. The number of carbonyl (C=O) groups is 2. The van der Waals surface area contributed by atoms with Crippen LogP contribution in [-0.4, -0.2) is 53.1 Å². The first-order valence-corrected chi connectivity index (χ1v) is 5.34. The monoisotopic (exact) mass is 212 g/mol. The van der Waals surface area contributed by atoms with E-state index in [0.717, 1.165) is 19.4 Å². The summed E-state index contributed by atoms with van der Waals surface area (Å²) in [6.45, 7) is 1.17. The minimum Gasteiger partial charge on any atom is -0.481 e. The average molecular weight is 212 g/mol. The standard InChI is InChI=1S/C10H16N2O3/c1-11-5-4-8-3-2-7(9(13)14)6-12(8)10(11)15/h7-8H,2-6H2,1H3,(H,13,14). The van der Waals surface area contributed by atoms with Crippen LogP contribution in [0.2, 0.25) is 0 Å². The van der Waals surface area contributed by atoms with E-state index in [9.17, 15) is 9.59 Å². The summed E-state index contributed by atoms with van der Waals surface area (Å²) in [4.78, 5) is 26.0. The number of carbonyl (C=O) groups excluding carboxylic acids is 1. The molecule has 0 aromatic rings. The number of hydrogen-bond acceptors (Lipinski definition) is 2. The Morgan fingerprint density at radius 2 is 2.13 bits per heavy atom. The van der Waals surface area contributed by atoms with Crippen LogP contribution in [0.3, 0.4) is 0 Å². The van der Waals surface area contributed by atoms with E-state index >= 15 is 0 Å². The summed E-state index contributed by atoms with van der Waals surface area (Å²) in [5.41, 5.74) is 0. The molecule has 2 saturated heterocycles. The van der Waals surface area contributed by atoms with Gasteiger partial charge >= 0.3 is 12.0 Å². The van der Waals surface area contributed by atoms with E-state index in [0.29, 0.717) is 13.0 Å². The predicted octanol–water partition coefficient (Wildman–Crippen LogP) is 0.607. The number of aliphatic carboxylic acids is 1. The SMILES string of the molecule is CN1CCC2CCC(C(=O)O)CN2C1=O. The first-order chi connectivity index (χ1) is 7.09. The molecular weight excluding hydrogens is 196 g/mol. The summed E-state index contributed by atoms with van der Waals surface area (Å²) in [6.07, 6.45) is 2.50. The van der Waals surface area contributed by atoms with Gasteiger partial charge < -0.3 is 14.9 Å². The molecule has 5 heteroatoms. The van der Waals surface area contributed by atoms with Crippen LogP contribution in [0, 0.1) is 5.92 Å². The Hall–Kier alpha value is -1.26. The van der Waals surface area contributed by atoms with Crippen LogP contribution in [0.5, 0.6) is 0 Å². The van der Waals surface area contributed by atoms with Crippen molar-refractivity contribution in [2.75, 3.05) is 20.1 Å². The van der Waals surface area contributed by atoms with Crippen LogP contribution >= 0.6 is 0 Å². The summed E-state index contributed by atoms with van der Waals surface area (Å²) in [5.74, 6) is -1.16. The van der Waals surface area contributed by atoms with Crippen LogP contribution < -0.4 is 0 Å². The van der Waals surface area contributed by atoms with Gasteiger partial charge in [-0.05, 0) is 19.3 Å². The second-order valence-electron chi connectivity index (χ2n) is 4.41. The molecule has 0 saturated carbocycles. The first kappa shape index (κ1) is 10.3. The molecule has 0 spiro atoms. The van der Waals surface area contributed by atoms with Crippen molar-refractivity contribution in [3.8, 4) is 0 Å². The van der Waals surface area contributed by atoms with E-state index in [4.69, 9.17) is 5.11 Å². The van der Waals surface area contributed by atoms with E-state index < -0.39 is 5.97 Å². The topological polar surface area (TPSA) is 60.9 Å². The van der Waals surface area contributed by atoms with E-state index in [1.807, 2.05) is 0 Å². The zero-order valence-corrected chi connectivity index (χ0v) is 8.85. The van der Waals surface area contributed by atoms with Crippen molar-refractivity contribution in [1.29, 1.82) is 0 Å². The number of nitrogens with zero attached hydrogens (tertiary/aromatic N) is 2. The highest BCUT2D eigenvalue weighted by Gasteiger charge is 2.38. The van der Waals surface area contributed by atoms with Gasteiger partial charge in [-0.25, -0.2) is 4.79 Å². The van der Waals surface area contributed by atoms with Crippen LogP contribution in [0.25, 0.3) is 0 Å². The molecule has 5 nitrogen and oxygen atoms in total. The Bertz CT molecular complexity index is 292. The van der Waals surface area contributed by atoms with Crippen molar-refractivity contribution >= 4 is 12.0 Å². The van der Waals surface area contributed by atoms with Crippen molar-refractivity contribution in [1.82, 2.24) is 9.80 Å². The van der Waals surface area contributed by atoms with Gasteiger partial charge in [-0.1, -0.05) is 0 Å². The van der Waals surface area contributed by atoms with E-state index in [2.05, 4.69) is 0 Å². The van der Waals surface area contributed by atoms with Gasteiger partial charge in [-0.3, -0.25) is 4.79 Å². The average Bonchev–Trinajstić information content (AvgIpc) is 2.23. The summed E-state index contributed by atoms with van der Waals surface area (Å²) in [7, 11) is 1.77. The molecule has 2 unspecified atom stereocenters. The summed E-state index contributed by atoms with van der Waals surface area (Å²) < 4.78 is 0. The molecule has 15 heavy (non-hydrogen) atoms. The van der Waals surface area contributed by atoms with Crippen molar-refractivity contribution in [2.24, 2.45) is 5.92 Å². The Morgan fingerprint density at radius 1 is 1.40 bits per heavy atom. The van der Waals surface area contributed by atoms with Crippen molar-refractivity contribution in [2.45, 2.75) is 25.3 Å². The number of carboxylic acid groups (broad SMARTS) is 1. The first-order valence-electron chi connectivity index (χ1n) is 5.34. The molecule has 2 aliphatic rings. The Morgan fingerprint density at radius 3 is 2.80 bits per heavy atom. The van der Waals surface area contributed by atoms with Crippen LogP contribution in [0.4, 0.5) is 4.79 Å². The molecular formula is C10H16N2O3. The summed E-state index contributed by atoms with van der Waals surface area (Å²) in [5, 5.41) is 8.93. The third-order valence-corrected chi connectivity index (χ3v) is 3.43. The fraction of sp³-hybridized carbons (Fsp3) is 0.800. The normalized spacial score (nSPS) is 31.4. The van der Waals surface area contributed by atoms with E-state index in [1.165, 1.54) is 0 Å². The van der Waals surface area contributed by atoms with Gasteiger partial charge in [0.25, 0.3) is 0 Å².